The fraction of sp³-hybridized carbons (Fsp3) is 0.286. The molecule has 0 bridgehead atoms. The average molecular weight is 295 g/mol. The van der Waals surface area contributed by atoms with E-state index >= 15 is 0 Å². The molecule has 1 aromatic heterocycles. The van der Waals surface area contributed by atoms with Crippen LogP contribution in [0, 0.1) is 12.7 Å². The Kier molecular flexibility index (Phi) is 4.54. The molecule has 0 aliphatic heterocycles. The van der Waals surface area contributed by atoms with Crippen LogP contribution in [0.25, 0.3) is 11.0 Å². The quantitative estimate of drug-likeness (QED) is 0.792. The number of benzene rings is 1. The van der Waals surface area contributed by atoms with Crippen molar-refractivity contribution in [2.75, 3.05) is 19.8 Å². The zero-order valence-corrected chi connectivity index (χ0v) is 11.3. The monoisotopic (exact) mass is 295 g/mol. The van der Waals surface area contributed by atoms with E-state index in [4.69, 9.17) is 14.3 Å². The van der Waals surface area contributed by atoms with Crippen LogP contribution in [0.15, 0.2) is 22.6 Å². The van der Waals surface area contributed by atoms with E-state index < -0.39 is 24.3 Å². The molecule has 21 heavy (non-hydrogen) atoms. The van der Waals surface area contributed by atoms with Crippen LogP contribution in [0.1, 0.15) is 16.1 Å². The molecule has 1 aromatic carbocycles. The van der Waals surface area contributed by atoms with Gasteiger partial charge in [-0.15, -0.1) is 0 Å². The maximum atomic E-state index is 13.6. The summed E-state index contributed by atoms with van der Waals surface area (Å²) in [6.45, 7) is 1.43. The lowest BCUT2D eigenvalue weighted by Gasteiger charge is -2.03. The first-order chi connectivity index (χ1) is 10.0. The first-order valence-electron chi connectivity index (χ1n) is 6.26. The number of hydrogen-bond acceptors (Lipinski definition) is 4. The molecule has 0 saturated heterocycles. The molecule has 1 amide bonds. The number of halogens is 1. The predicted octanol–water partition coefficient (Wildman–Crippen LogP) is 1.71. The van der Waals surface area contributed by atoms with Gasteiger partial charge in [0.2, 0.25) is 0 Å². The molecule has 0 saturated carbocycles. The molecule has 2 aromatic rings. The zero-order valence-electron chi connectivity index (χ0n) is 11.3. The molecule has 0 atom stereocenters. The molecule has 112 valence electrons. The average Bonchev–Trinajstić information content (AvgIpc) is 2.77. The highest BCUT2D eigenvalue weighted by Gasteiger charge is 2.19. The topological polar surface area (TPSA) is 88.8 Å². The van der Waals surface area contributed by atoms with Crippen molar-refractivity contribution in [2.45, 2.75) is 6.92 Å². The summed E-state index contributed by atoms with van der Waals surface area (Å²) in [4.78, 5) is 22.2. The Labute approximate surface area is 119 Å². The summed E-state index contributed by atoms with van der Waals surface area (Å²) in [7, 11) is 0. The number of amides is 1. The molecule has 6 nitrogen and oxygen atoms in total. The Morgan fingerprint density at radius 2 is 2.19 bits per heavy atom. The van der Waals surface area contributed by atoms with E-state index in [1.165, 1.54) is 6.07 Å². The second kappa shape index (κ2) is 6.36. The molecule has 2 rings (SSSR count). The van der Waals surface area contributed by atoms with Gasteiger partial charge in [-0.1, -0.05) is 12.1 Å². The minimum atomic E-state index is -1.08. The first-order valence-corrected chi connectivity index (χ1v) is 6.26. The number of carboxylic acid groups (broad SMARTS) is 1. The Balaban J connectivity index is 2.01. The van der Waals surface area contributed by atoms with Gasteiger partial charge in [-0.25, -0.2) is 9.18 Å². The van der Waals surface area contributed by atoms with E-state index in [2.05, 4.69) is 5.32 Å². The fourth-order valence-electron chi connectivity index (χ4n) is 1.90. The third kappa shape index (κ3) is 3.38. The first kappa shape index (κ1) is 15.0. The number of hydrogen-bond donors (Lipinski definition) is 2. The molecular formula is C14H14FNO5. The van der Waals surface area contributed by atoms with Gasteiger partial charge >= 0.3 is 5.97 Å². The number of para-hydroxylation sites is 1. The number of rotatable bonds is 6. The highest BCUT2D eigenvalue weighted by Crippen LogP contribution is 2.27. The van der Waals surface area contributed by atoms with Gasteiger partial charge in [-0.3, -0.25) is 4.79 Å². The van der Waals surface area contributed by atoms with Gasteiger partial charge < -0.3 is 19.6 Å². The van der Waals surface area contributed by atoms with E-state index in [1.54, 1.807) is 19.1 Å². The van der Waals surface area contributed by atoms with Gasteiger partial charge in [0.15, 0.2) is 17.2 Å². The SMILES string of the molecule is Cc1c(C(=O)NCCOCC(=O)O)oc2c(F)cccc12. The molecule has 0 radical (unpaired) electrons. The molecule has 7 heteroatoms. The van der Waals surface area contributed by atoms with Crippen LogP contribution in [-0.2, 0) is 9.53 Å². The number of carboxylic acids is 1. The van der Waals surface area contributed by atoms with E-state index in [-0.39, 0.29) is 24.5 Å². The van der Waals surface area contributed by atoms with Crippen LogP contribution in [0.2, 0.25) is 0 Å². The van der Waals surface area contributed by atoms with Gasteiger partial charge in [0.1, 0.15) is 6.61 Å². The second-order valence-corrected chi connectivity index (χ2v) is 4.37. The smallest absolute Gasteiger partial charge is 0.329 e. The Morgan fingerprint density at radius 3 is 2.86 bits per heavy atom. The van der Waals surface area contributed by atoms with E-state index in [9.17, 15) is 14.0 Å². The molecule has 0 aliphatic rings. The number of carbonyl (C=O) groups excluding carboxylic acids is 1. The molecule has 0 unspecified atom stereocenters. The van der Waals surface area contributed by atoms with Crippen LogP contribution >= 0.6 is 0 Å². The van der Waals surface area contributed by atoms with Gasteiger partial charge in [0, 0.05) is 17.5 Å². The zero-order chi connectivity index (χ0) is 15.4. The number of furan rings is 1. The van der Waals surface area contributed by atoms with Gasteiger partial charge in [0.05, 0.1) is 6.61 Å². The number of ether oxygens (including phenoxy) is 1. The number of nitrogens with one attached hydrogen (secondary N) is 1. The van der Waals surface area contributed by atoms with Crippen molar-refractivity contribution in [3.8, 4) is 0 Å². The largest absolute Gasteiger partial charge is 0.480 e. The summed E-state index contributed by atoms with van der Waals surface area (Å²) in [5, 5.41) is 11.4. The standard InChI is InChI=1S/C14H14FNO5/c1-8-9-3-2-4-10(15)13(9)21-12(8)14(19)16-5-6-20-7-11(17)18/h2-4H,5-7H2,1H3,(H,16,19)(H,17,18). The van der Waals surface area contributed by atoms with Crippen molar-refractivity contribution in [1.29, 1.82) is 0 Å². The molecule has 1 heterocycles. The summed E-state index contributed by atoms with van der Waals surface area (Å²) in [5.41, 5.74) is 0.593. The summed E-state index contributed by atoms with van der Waals surface area (Å²) in [6, 6.07) is 4.47. The minimum absolute atomic E-state index is 0.0355. The lowest BCUT2D eigenvalue weighted by Crippen LogP contribution is -2.28. The Morgan fingerprint density at radius 1 is 1.43 bits per heavy atom. The molecule has 2 N–H and O–H groups in total. The van der Waals surface area contributed by atoms with Crippen LogP contribution in [0.5, 0.6) is 0 Å². The molecular weight excluding hydrogens is 281 g/mol. The number of carbonyl (C=O) groups is 2. The van der Waals surface area contributed by atoms with Crippen molar-refractivity contribution < 1.29 is 28.2 Å². The number of fused-ring (bicyclic) bond motifs is 1. The van der Waals surface area contributed by atoms with Gasteiger partial charge in [-0.2, -0.15) is 0 Å². The van der Waals surface area contributed by atoms with E-state index in [1.807, 2.05) is 0 Å². The lowest BCUT2D eigenvalue weighted by molar-refractivity contribution is -0.142. The maximum Gasteiger partial charge on any atom is 0.329 e. The normalized spacial score (nSPS) is 10.8. The number of aryl methyl sites for hydroxylation is 1. The van der Waals surface area contributed by atoms with Crippen LogP contribution in [0.3, 0.4) is 0 Å². The summed E-state index contributed by atoms with van der Waals surface area (Å²) < 4.78 is 23.6. The van der Waals surface area contributed by atoms with Crippen LogP contribution in [0.4, 0.5) is 4.39 Å². The molecule has 0 aliphatic carbocycles. The summed E-state index contributed by atoms with van der Waals surface area (Å²) >= 11 is 0. The second-order valence-electron chi connectivity index (χ2n) is 4.37. The lowest BCUT2D eigenvalue weighted by atomic mass is 10.1. The molecule has 0 spiro atoms. The van der Waals surface area contributed by atoms with Crippen molar-refractivity contribution in [3.63, 3.8) is 0 Å². The molecule has 0 fully saturated rings. The van der Waals surface area contributed by atoms with Crippen LogP contribution < -0.4 is 5.32 Å². The maximum absolute atomic E-state index is 13.6. The fourth-order valence-corrected chi connectivity index (χ4v) is 1.90. The van der Waals surface area contributed by atoms with E-state index in [0.29, 0.717) is 10.9 Å². The van der Waals surface area contributed by atoms with Crippen LogP contribution in [-0.4, -0.2) is 36.7 Å². The van der Waals surface area contributed by atoms with Gasteiger partial charge in [0.25, 0.3) is 5.91 Å². The van der Waals surface area contributed by atoms with Crippen molar-refractivity contribution in [2.24, 2.45) is 0 Å². The highest BCUT2D eigenvalue weighted by molar-refractivity contribution is 5.98. The minimum Gasteiger partial charge on any atom is -0.480 e. The van der Waals surface area contributed by atoms with Gasteiger partial charge in [-0.05, 0) is 13.0 Å². The third-order valence-electron chi connectivity index (χ3n) is 2.88. The van der Waals surface area contributed by atoms with Crippen molar-refractivity contribution in [1.82, 2.24) is 5.32 Å². The van der Waals surface area contributed by atoms with Crippen molar-refractivity contribution in [3.05, 3.63) is 35.3 Å². The Hall–Kier alpha value is -2.41. The van der Waals surface area contributed by atoms with E-state index in [0.717, 1.165) is 0 Å². The number of aliphatic carboxylic acids is 1. The summed E-state index contributed by atoms with van der Waals surface area (Å²) in [5.74, 6) is -2.07. The summed E-state index contributed by atoms with van der Waals surface area (Å²) in [6.07, 6.45) is 0. The third-order valence-corrected chi connectivity index (χ3v) is 2.88. The van der Waals surface area contributed by atoms with Crippen molar-refractivity contribution >= 4 is 22.8 Å². The predicted molar refractivity (Wildman–Crippen MR) is 71.7 cm³/mol. The Bertz CT molecular complexity index is 679. The highest BCUT2D eigenvalue weighted by atomic mass is 19.1.